The van der Waals surface area contributed by atoms with Gasteiger partial charge in [-0.25, -0.2) is 13.2 Å². The first-order valence-corrected chi connectivity index (χ1v) is 8.89. The zero-order chi connectivity index (χ0) is 21.1. The fourth-order valence-electron chi connectivity index (χ4n) is 3.34. The first kappa shape index (κ1) is 20.4. The van der Waals surface area contributed by atoms with Gasteiger partial charge in [-0.05, 0) is 48.0 Å². The number of carbonyl (C=O) groups is 1. The van der Waals surface area contributed by atoms with Crippen LogP contribution in [-0.4, -0.2) is 20.4 Å². The predicted octanol–water partition coefficient (Wildman–Crippen LogP) is 4.59. The summed E-state index contributed by atoms with van der Waals surface area (Å²) in [6, 6.07) is 10.2. The van der Waals surface area contributed by atoms with Crippen molar-refractivity contribution >= 4 is 17.7 Å². The molecule has 3 rings (SSSR count). The molecule has 0 saturated carbocycles. The van der Waals surface area contributed by atoms with Crippen molar-refractivity contribution in [3.8, 4) is 22.3 Å². The van der Waals surface area contributed by atoms with Crippen LogP contribution in [0.4, 0.5) is 24.5 Å². The summed E-state index contributed by atoms with van der Waals surface area (Å²) in [7, 11) is 3.33. The zero-order valence-electron chi connectivity index (χ0n) is 15.9. The fraction of sp³-hybridized carbons (Fsp3) is 0.136. The Balaban J connectivity index is 2.17. The Morgan fingerprint density at radius 3 is 2.41 bits per heavy atom. The highest BCUT2D eigenvalue weighted by Gasteiger charge is 2.22. The Hall–Kier alpha value is -3.32. The van der Waals surface area contributed by atoms with Gasteiger partial charge >= 0.3 is 0 Å². The predicted molar refractivity (Wildman–Crippen MR) is 109 cm³/mol. The van der Waals surface area contributed by atoms with E-state index in [0.29, 0.717) is 18.5 Å². The molecule has 0 aliphatic rings. The Labute approximate surface area is 166 Å². The van der Waals surface area contributed by atoms with Crippen molar-refractivity contribution in [2.75, 3.05) is 25.1 Å². The number of nitrogen functional groups attached to an aromatic ring is 1. The number of halogens is 3. The van der Waals surface area contributed by atoms with Gasteiger partial charge in [-0.1, -0.05) is 18.2 Å². The Morgan fingerprint density at radius 1 is 1.00 bits per heavy atom. The Bertz CT molecular complexity index is 1080. The summed E-state index contributed by atoms with van der Waals surface area (Å²) in [4.78, 5) is 11.3. The molecule has 0 aliphatic heterocycles. The van der Waals surface area contributed by atoms with Gasteiger partial charge in [0, 0.05) is 24.7 Å². The molecule has 0 spiro atoms. The third-order valence-electron chi connectivity index (χ3n) is 4.64. The van der Waals surface area contributed by atoms with Gasteiger partial charge < -0.3 is 16.4 Å². The molecule has 150 valence electrons. The molecule has 0 bridgehead atoms. The minimum Gasteiger partial charge on any atom is -0.397 e. The van der Waals surface area contributed by atoms with Gasteiger partial charge in [-0.3, -0.25) is 4.79 Å². The lowest BCUT2D eigenvalue weighted by atomic mass is 9.95. The minimum atomic E-state index is -1.30. The molecule has 4 nitrogen and oxygen atoms in total. The largest absolute Gasteiger partial charge is 0.397 e. The number of benzene rings is 3. The van der Waals surface area contributed by atoms with E-state index in [-0.39, 0.29) is 27.9 Å². The summed E-state index contributed by atoms with van der Waals surface area (Å²) >= 11 is 0. The third kappa shape index (κ3) is 3.82. The van der Waals surface area contributed by atoms with Crippen LogP contribution in [0.3, 0.4) is 0 Å². The molecule has 0 amide bonds. The number of carbonyl (C=O) groups excluding carboxylic acids is 1. The van der Waals surface area contributed by atoms with E-state index in [4.69, 9.17) is 5.73 Å². The topological polar surface area (TPSA) is 67.2 Å². The van der Waals surface area contributed by atoms with Crippen LogP contribution >= 0.6 is 0 Å². The van der Waals surface area contributed by atoms with Gasteiger partial charge in [-0.15, -0.1) is 0 Å². The number of hydrogen-bond acceptors (Lipinski definition) is 4. The van der Waals surface area contributed by atoms with Crippen LogP contribution in [0.2, 0.25) is 0 Å². The van der Waals surface area contributed by atoms with E-state index in [0.717, 1.165) is 11.6 Å². The van der Waals surface area contributed by atoms with Crippen LogP contribution in [0.25, 0.3) is 22.3 Å². The van der Waals surface area contributed by atoms with Crippen molar-refractivity contribution < 1.29 is 18.0 Å². The molecule has 0 aliphatic carbocycles. The van der Waals surface area contributed by atoms with Gasteiger partial charge in [0.1, 0.15) is 5.82 Å². The van der Waals surface area contributed by atoms with Crippen LogP contribution in [0.15, 0.2) is 42.5 Å². The Morgan fingerprint density at radius 2 is 1.76 bits per heavy atom. The molecule has 3 aromatic rings. The summed E-state index contributed by atoms with van der Waals surface area (Å²) in [5.41, 5.74) is 6.97. The van der Waals surface area contributed by atoms with Crippen molar-refractivity contribution in [1.82, 2.24) is 5.32 Å². The summed E-state index contributed by atoms with van der Waals surface area (Å²) in [5.74, 6) is -3.43. The number of anilines is 2. The molecule has 4 N–H and O–H groups in total. The van der Waals surface area contributed by atoms with E-state index in [2.05, 4.69) is 10.6 Å². The number of aldehydes is 1. The number of nitrogens with one attached hydrogen (secondary N) is 2. The van der Waals surface area contributed by atoms with E-state index in [1.807, 2.05) is 0 Å². The number of rotatable bonds is 6. The second-order valence-corrected chi connectivity index (χ2v) is 6.54. The van der Waals surface area contributed by atoms with Gasteiger partial charge in [0.15, 0.2) is 17.9 Å². The molecule has 0 aromatic heterocycles. The van der Waals surface area contributed by atoms with Gasteiger partial charge in [0.2, 0.25) is 0 Å². The highest BCUT2D eigenvalue weighted by atomic mass is 19.2. The van der Waals surface area contributed by atoms with Crippen LogP contribution in [0, 0.1) is 17.5 Å². The molecule has 29 heavy (non-hydrogen) atoms. The molecule has 0 saturated heterocycles. The number of nitrogens with two attached hydrogens (primary N) is 1. The van der Waals surface area contributed by atoms with Gasteiger partial charge in [-0.2, -0.15) is 0 Å². The monoisotopic (exact) mass is 399 g/mol. The van der Waals surface area contributed by atoms with Crippen molar-refractivity contribution in [3.05, 3.63) is 71.0 Å². The molecule has 3 aromatic carbocycles. The van der Waals surface area contributed by atoms with Crippen LogP contribution in [0.1, 0.15) is 15.9 Å². The summed E-state index contributed by atoms with van der Waals surface area (Å²) in [6.07, 6.45) is 0.540. The summed E-state index contributed by atoms with van der Waals surface area (Å²) < 4.78 is 44.7. The zero-order valence-corrected chi connectivity index (χ0v) is 15.9. The van der Waals surface area contributed by atoms with E-state index in [9.17, 15) is 18.0 Å². The number of hydrogen-bond donors (Lipinski definition) is 3. The van der Waals surface area contributed by atoms with Crippen molar-refractivity contribution in [3.63, 3.8) is 0 Å². The molecule has 0 heterocycles. The Kier molecular flexibility index (Phi) is 5.89. The van der Waals surface area contributed by atoms with E-state index in [1.165, 1.54) is 18.2 Å². The lowest BCUT2D eigenvalue weighted by Crippen LogP contribution is -2.05. The molecule has 0 atom stereocenters. The molecule has 0 unspecified atom stereocenters. The van der Waals surface area contributed by atoms with E-state index in [1.54, 1.807) is 32.3 Å². The second kappa shape index (κ2) is 8.36. The SMILES string of the molecule is CNCc1cccc(-c2c(F)cc(-c3cc(N)c(NC)c(C=O)c3)c(F)c2F)c1. The van der Waals surface area contributed by atoms with Crippen LogP contribution in [-0.2, 0) is 6.54 Å². The maximum Gasteiger partial charge on any atom is 0.170 e. The van der Waals surface area contributed by atoms with Crippen LogP contribution in [0.5, 0.6) is 0 Å². The normalized spacial score (nSPS) is 10.8. The summed E-state index contributed by atoms with van der Waals surface area (Å²) in [5, 5.41) is 5.73. The van der Waals surface area contributed by atoms with Crippen molar-refractivity contribution in [1.29, 1.82) is 0 Å². The average molecular weight is 399 g/mol. The van der Waals surface area contributed by atoms with Gasteiger partial charge in [0.25, 0.3) is 0 Å². The molecule has 0 fully saturated rings. The second-order valence-electron chi connectivity index (χ2n) is 6.54. The maximum atomic E-state index is 14.9. The smallest absolute Gasteiger partial charge is 0.170 e. The van der Waals surface area contributed by atoms with Crippen molar-refractivity contribution in [2.24, 2.45) is 0 Å². The lowest BCUT2D eigenvalue weighted by Gasteiger charge is -2.14. The molecular weight excluding hydrogens is 379 g/mol. The highest BCUT2D eigenvalue weighted by Crippen LogP contribution is 2.37. The lowest BCUT2D eigenvalue weighted by molar-refractivity contribution is 0.112. The molecular formula is C22H20F3N3O. The first-order chi connectivity index (χ1) is 13.9. The van der Waals surface area contributed by atoms with Gasteiger partial charge in [0.05, 0.1) is 16.9 Å². The molecule has 0 radical (unpaired) electrons. The quantitative estimate of drug-likeness (QED) is 0.322. The third-order valence-corrected chi connectivity index (χ3v) is 4.64. The maximum absolute atomic E-state index is 14.9. The minimum absolute atomic E-state index is 0.106. The van der Waals surface area contributed by atoms with E-state index >= 15 is 0 Å². The highest BCUT2D eigenvalue weighted by molar-refractivity contribution is 5.93. The van der Waals surface area contributed by atoms with Crippen LogP contribution < -0.4 is 16.4 Å². The first-order valence-electron chi connectivity index (χ1n) is 8.89. The van der Waals surface area contributed by atoms with E-state index < -0.39 is 23.0 Å². The van der Waals surface area contributed by atoms with Crippen molar-refractivity contribution in [2.45, 2.75) is 6.54 Å². The fourth-order valence-corrected chi connectivity index (χ4v) is 3.34. The average Bonchev–Trinajstić information content (AvgIpc) is 2.70. The summed E-state index contributed by atoms with van der Waals surface area (Å²) in [6.45, 7) is 0.503. The standard InChI is InChI=1S/C22H20F3N3O/c1-27-10-12-4-3-5-13(6-12)19-17(23)9-16(20(24)21(19)25)14-7-15(11-29)22(28-2)18(26)8-14/h3-9,11,27-28H,10,26H2,1-2H3. The molecule has 7 heteroatoms.